The monoisotopic (exact) mass is 365 g/mol. The molecule has 0 bridgehead atoms. The molecule has 1 saturated heterocycles. The van der Waals surface area contributed by atoms with Gasteiger partial charge in [0.25, 0.3) is 0 Å². The molecule has 1 aromatic heterocycles. The maximum absolute atomic E-state index is 12.5. The molecule has 0 unspecified atom stereocenters. The summed E-state index contributed by atoms with van der Waals surface area (Å²) in [5, 5.41) is 2.80. The van der Waals surface area contributed by atoms with Crippen molar-refractivity contribution in [3.8, 4) is 0 Å². The Morgan fingerprint density at radius 3 is 2.78 bits per heavy atom. The van der Waals surface area contributed by atoms with E-state index in [4.69, 9.17) is 4.42 Å². The number of fused-ring (bicyclic) bond motifs is 1. The van der Waals surface area contributed by atoms with Crippen LogP contribution in [0.25, 0.3) is 11.1 Å². The highest BCUT2D eigenvalue weighted by Gasteiger charge is 2.23. The number of aryl methyl sites for hydroxylation is 1. The predicted octanol–water partition coefficient (Wildman–Crippen LogP) is 2.67. The Bertz CT molecular complexity index is 1100. The molecule has 0 aliphatic carbocycles. The molecule has 3 aromatic rings. The van der Waals surface area contributed by atoms with Crippen LogP contribution in [0.15, 0.2) is 51.7 Å². The molecule has 1 aliphatic rings. The van der Waals surface area contributed by atoms with Crippen molar-refractivity contribution < 1.29 is 14.0 Å². The third-order valence-electron chi connectivity index (χ3n) is 4.73. The Balaban J connectivity index is 1.55. The van der Waals surface area contributed by atoms with Gasteiger partial charge in [-0.15, -0.1) is 0 Å². The minimum atomic E-state index is -0.571. The van der Waals surface area contributed by atoms with Gasteiger partial charge in [0.1, 0.15) is 6.54 Å². The molecular formula is C20H19N3O4. The number of nitrogens with zero attached hydrogens (tertiary/aromatic N) is 2. The molecule has 0 spiro atoms. The fraction of sp³-hybridized carbons (Fsp3) is 0.250. The van der Waals surface area contributed by atoms with E-state index >= 15 is 0 Å². The number of oxazole rings is 1. The van der Waals surface area contributed by atoms with Crippen molar-refractivity contribution in [3.05, 3.63) is 58.6 Å². The number of nitrogens with one attached hydrogen (secondary N) is 1. The minimum Gasteiger partial charge on any atom is -0.408 e. The van der Waals surface area contributed by atoms with E-state index < -0.39 is 5.76 Å². The van der Waals surface area contributed by atoms with Crippen molar-refractivity contribution in [2.24, 2.45) is 0 Å². The Labute approximate surface area is 155 Å². The minimum absolute atomic E-state index is 0.0954. The van der Waals surface area contributed by atoms with Crippen LogP contribution in [0.5, 0.6) is 0 Å². The van der Waals surface area contributed by atoms with Crippen LogP contribution in [0, 0.1) is 6.92 Å². The van der Waals surface area contributed by atoms with E-state index in [9.17, 15) is 14.4 Å². The van der Waals surface area contributed by atoms with Crippen LogP contribution in [0.2, 0.25) is 0 Å². The number of hydrogen-bond acceptors (Lipinski definition) is 4. The molecular weight excluding hydrogens is 346 g/mol. The lowest BCUT2D eigenvalue weighted by Gasteiger charge is -2.19. The summed E-state index contributed by atoms with van der Waals surface area (Å²) in [7, 11) is 0. The maximum atomic E-state index is 12.5. The summed E-state index contributed by atoms with van der Waals surface area (Å²) in [6.45, 7) is 2.47. The van der Waals surface area contributed by atoms with E-state index in [1.165, 1.54) is 4.57 Å². The van der Waals surface area contributed by atoms with E-state index in [1.54, 1.807) is 41.3 Å². The van der Waals surface area contributed by atoms with Gasteiger partial charge < -0.3 is 14.6 Å². The van der Waals surface area contributed by atoms with Gasteiger partial charge in [0.15, 0.2) is 5.58 Å². The van der Waals surface area contributed by atoms with Gasteiger partial charge in [0, 0.05) is 24.3 Å². The normalized spacial score (nSPS) is 14.1. The SMILES string of the molecule is Cc1ccc(NC(=O)Cn2c(=O)oc3ccccc32)cc1N1CCCC1=O. The van der Waals surface area contributed by atoms with E-state index in [2.05, 4.69) is 5.32 Å². The molecule has 27 heavy (non-hydrogen) atoms. The second-order valence-electron chi connectivity index (χ2n) is 6.62. The summed E-state index contributed by atoms with van der Waals surface area (Å²) in [5.41, 5.74) is 3.38. The van der Waals surface area contributed by atoms with Crippen LogP contribution >= 0.6 is 0 Å². The van der Waals surface area contributed by atoms with Gasteiger partial charge in [-0.3, -0.25) is 14.2 Å². The maximum Gasteiger partial charge on any atom is 0.420 e. The van der Waals surface area contributed by atoms with Crippen LogP contribution in [-0.4, -0.2) is 22.9 Å². The highest BCUT2D eigenvalue weighted by molar-refractivity contribution is 5.98. The van der Waals surface area contributed by atoms with Crippen molar-refractivity contribution in [1.82, 2.24) is 4.57 Å². The van der Waals surface area contributed by atoms with E-state index in [0.717, 1.165) is 17.7 Å². The van der Waals surface area contributed by atoms with E-state index in [0.29, 0.717) is 29.8 Å². The number of carbonyl (C=O) groups is 2. The average molecular weight is 365 g/mol. The fourth-order valence-corrected chi connectivity index (χ4v) is 3.39. The number of hydrogen-bond donors (Lipinski definition) is 1. The number of rotatable bonds is 4. The lowest BCUT2D eigenvalue weighted by atomic mass is 10.1. The first-order valence-corrected chi connectivity index (χ1v) is 8.82. The molecule has 4 rings (SSSR count). The summed E-state index contributed by atoms with van der Waals surface area (Å²) in [4.78, 5) is 38.2. The molecule has 0 radical (unpaired) electrons. The van der Waals surface area contributed by atoms with Crippen molar-refractivity contribution in [2.45, 2.75) is 26.3 Å². The molecule has 2 amide bonds. The Morgan fingerprint density at radius 1 is 1.19 bits per heavy atom. The molecule has 1 fully saturated rings. The summed E-state index contributed by atoms with van der Waals surface area (Å²) >= 11 is 0. The topological polar surface area (TPSA) is 84.6 Å². The zero-order chi connectivity index (χ0) is 19.0. The van der Waals surface area contributed by atoms with Crippen LogP contribution in [0.3, 0.4) is 0 Å². The van der Waals surface area contributed by atoms with E-state index in [1.807, 2.05) is 13.0 Å². The van der Waals surface area contributed by atoms with Crippen molar-refractivity contribution in [3.63, 3.8) is 0 Å². The van der Waals surface area contributed by atoms with Crippen LogP contribution in [-0.2, 0) is 16.1 Å². The van der Waals surface area contributed by atoms with Gasteiger partial charge in [-0.2, -0.15) is 0 Å². The highest BCUT2D eigenvalue weighted by Crippen LogP contribution is 2.28. The second-order valence-corrected chi connectivity index (χ2v) is 6.62. The van der Waals surface area contributed by atoms with Crippen LogP contribution in [0.4, 0.5) is 11.4 Å². The molecule has 2 aromatic carbocycles. The summed E-state index contributed by atoms with van der Waals surface area (Å²) in [5.74, 6) is -0.817. The third-order valence-corrected chi connectivity index (χ3v) is 4.73. The van der Waals surface area contributed by atoms with Gasteiger partial charge in [-0.1, -0.05) is 18.2 Å². The molecule has 0 atom stereocenters. The van der Waals surface area contributed by atoms with Crippen LogP contribution < -0.4 is 16.0 Å². The van der Waals surface area contributed by atoms with E-state index in [-0.39, 0.29) is 18.4 Å². The van der Waals surface area contributed by atoms with Crippen molar-refractivity contribution >= 4 is 34.3 Å². The zero-order valence-corrected chi connectivity index (χ0v) is 14.9. The number of carbonyl (C=O) groups excluding carboxylic acids is 2. The Kier molecular flexibility index (Phi) is 4.27. The smallest absolute Gasteiger partial charge is 0.408 e. The summed E-state index contributed by atoms with van der Waals surface area (Å²) in [6, 6.07) is 12.4. The van der Waals surface area contributed by atoms with Crippen molar-refractivity contribution in [1.29, 1.82) is 0 Å². The average Bonchev–Trinajstić information content (AvgIpc) is 3.20. The number of benzene rings is 2. The molecule has 7 nitrogen and oxygen atoms in total. The van der Waals surface area contributed by atoms with Gasteiger partial charge in [-0.25, -0.2) is 4.79 Å². The van der Waals surface area contributed by atoms with Gasteiger partial charge in [-0.05, 0) is 43.2 Å². The highest BCUT2D eigenvalue weighted by atomic mass is 16.4. The molecule has 2 heterocycles. The molecule has 7 heteroatoms. The molecule has 0 saturated carbocycles. The molecule has 1 aliphatic heterocycles. The van der Waals surface area contributed by atoms with Crippen LogP contribution in [0.1, 0.15) is 18.4 Å². The van der Waals surface area contributed by atoms with Crippen molar-refractivity contribution in [2.75, 3.05) is 16.8 Å². The Morgan fingerprint density at radius 2 is 2.00 bits per heavy atom. The number of para-hydroxylation sites is 2. The second kappa shape index (κ2) is 6.75. The Hall–Kier alpha value is -3.35. The number of anilines is 2. The zero-order valence-electron chi connectivity index (χ0n) is 14.9. The first kappa shape index (κ1) is 17.1. The quantitative estimate of drug-likeness (QED) is 0.770. The largest absolute Gasteiger partial charge is 0.420 e. The predicted molar refractivity (Wildman–Crippen MR) is 102 cm³/mol. The molecule has 1 N–H and O–H groups in total. The summed E-state index contributed by atoms with van der Waals surface area (Å²) < 4.78 is 6.44. The number of aromatic nitrogens is 1. The van der Waals surface area contributed by atoms with Gasteiger partial charge >= 0.3 is 5.76 Å². The molecule has 138 valence electrons. The van der Waals surface area contributed by atoms with Gasteiger partial charge in [0.05, 0.1) is 5.52 Å². The number of amides is 2. The lowest BCUT2D eigenvalue weighted by Crippen LogP contribution is -2.26. The first-order valence-electron chi connectivity index (χ1n) is 8.82. The van der Waals surface area contributed by atoms with Gasteiger partial charge in [0.2, 0.25) is 11.8 Å². The lowest BCUT2D eigenvalue weighted by molar-refractivity contribution is -0.117. The summed E-state index contributed by atoms with van der Waals surface area (Å²) in [6.07, 6.45) is 1.39. The third kappa shape index (κ3) is 3.23. The fourth-order valence-electron chi connectivity index (χ4n) is 3.39. The standard InChI is InChI=1S/C20H19N3O4/c1-13-8-9-14(11-16(13)22-10-4-7-19(22)25)21-18(24)12-23-15-5-2-3-6-17(15)27-20(23)26/h2-3,5-6,8-9,11H,4,7,10,12H2,1H3,(H,21,24). The first-order chi connectivity index (χ1) is 13.0.